The third-order valence-corrected chi connectivity index (χ3v) is 3.89. The van der Waals surface area contributed by atoms with E-state index in [1.807, 2.05) is 66.2 Å². The van der Waals surface area contributed by atoms with Gasteiger partial charge in [0.15, 0.2) is 0 Å². The van der Waals surface area contributed by atoms with E-state index in [4.69, 9.17) is 10.1 Å². The summed E-state index contributed by atoms with van der Waals surface area (Å²) in [5.41, 5.74) is 2.83. The molecule has 2 amide bonds. The summed E-state index contributed by atoms with van der Waals surface area (Å²) in [5, 5.41) is 14.4. The molecule has 0 saturated heterocycles. The van der Waals surface area contributed by atoms with E-state index in [-0.39, 0.29) is 25.2 Å². The second kappa shape index (κ2) is 7.14. The minimum atomic E-state index is -0.387. The molecular weight excluding hydrogens is 304 g/mol. The SMILES string of the molecule is Cn1c(C(NC(=O)NCCO)c2ccccc2)nc2ccccc21. The monoisotopic (exact) mass is 324 g/mol. The van der Waals surface area contributed by atoms with Gasteiger partial charge in [-0.3, -0.25) is 0 Å². The molecule has 24 heavy (non-hydrogen) atoms. The molecule has 1 aromatic heterocycles. The number of aliphatic hydroxyl groups excluding tert-OH is 1. The van der Waals surface area contributed by atoms with Crippen LogP contribution >= 0.6 is 0 Å². The van der Waals surface area contributed by atoms with Crippen LogP contribution in [-0.2, 0) is 7.05 Å². The molecular formula is C18H20N4O2. The lowest BCUT2D eigenvalue weighted by Gasteiger charge is -2.19. The Kier molecular flexibility index (Phi) is 4.77. The zero-order chi connectivity index (χ0) is 16.9. The average Bonchev–Trinajstić information content (AvgIpc) is 2.95. The molecule has 0 aliphatic rings. The number of hydrogen-bond acceptors (Lipinski definition) is 3. The van der Waals surface area contributed by atoms with Gasteiger partial charge in [-0.1, -0.05) is 42.5 Å². The number of hydrogen-bond donors (Lipinski definition) is 3. The Morgan fingerprint density at radius 2 is 1.88 bits per heavy atom. The number of benzene rings is 2. The van der Waals surface area contributed by atoms with Gasteiger partial charge in [0.2, 0.25) is 0 Å². The van der Waals surface area contributed by atoms with Gasteiger partial charge in [0.1, 0.15) is 11.9 Å². The number of aromatic nitrogens is 2. The Balaban J connectivity index is 2.00. The van der Waals surface area contributed by atoms with Crippen LogP contribution in [0.15, 0.2) is 54.6 Å². The maximum Gasteiger partial charge on any atom is 0.315 e. The van der Waals surface area contributed by atoms with Crippen molar-refractivity contribution in [2.75, 3.05) is 13.2 Å². The minimum Gasteiger partial charge on any atom is -0.395 e. The van der Waals surface area contributed by atoms with Crippen molar-refractivity contribution in [2.45, 2.75) is 6.04 Å². The first-order valence-corrected chi connectivity index (χ1v) is 7.82. The van der Waals surface area contributed by atoms with E-state index in [0.29, 0.717) is 0 Å². The van der Waals surface area contributed by atoms with Gasteiger partial charge in [-0.25, -0.2) is 9.78 Å². The Labute approximate surface area is 140 Å². The Morgan fingerprint density at radius 1 is 1.17 bits per heavy atom. The van der Waals surface area contributed by atoms with Crippen molar-refractivity contribution in [1.29, 1.82) is 0 Å². The second-order valence-electron chi connectivity index (χ2n) is 5.49. The zero-order valence-corrected chi connectivity index (χ0v) is 13.4. The van der Waals surface area contributed by atoms with Gasteiger partial charge in [0, 0.05) is 13.6 Å². The van der Waals surface area contributed by atoms with E-state index in [9.17, 15) is 4.79 Å². The van der Waals surface area contributed by atoms with Gasteiger partial charge < -0.3 is 20.3 Å². The fourth-order valence-electron chi connectivity index (χ4n) is 2.72. The maximum atomic E-state index is 12.1. The molecule has 2 aromatic carbocycles. The quantitative estimate of drug-likeness (QED) is 0.671. The molecule has 1 unspecified atom stereocenters. The van der Waals surface area contributed by atoms with E-state index < -0.39 is 0 Å². The lowest BCUT2D eigenvalue weighted by molar-refractivity contribution is 0.231. The summed E-state index contributed by atoms with van der Waals surface area (Å²) in [7, 11) is 1.94. The first kappa shape index (κ1) is 16.0. The van der Waals surface area contributed by atoms with E-state index >= 15 is 0 Å². The van der Waals surface area contributed by atoms with Crippen molar-refractivity contribution < 1.29 is 9.90 Å². The highest BCUT2D eigenvalue weighted by Crippen LogP contribution is 2.24. The lowest BCUT2D eigenvalue weighted by atomic mass is 10.1. The molecule has 0 spiro atoms. The summed E-state index contributed by atoms with van der Waals surface area (Å²) in [4.78, 5) is 16.8. The van der Waals surface area contributed by atoms with Gasteiger partial charge in [0.05, 0.1) is 17.6 Å². The molecule has 6 nitrogen and oxygen atoms in total. The Hall–Kier alpha value is -2.86. The molecule has 0 fully saturated rings. The Bertz CT molecular complexity index is 829. The third-order valence-electron chi connectivity index (χ3n) is 3.89. The number of carbonyl (C=O) groups excluding carboxylic acids is 1. The standard InChI is InChI=1S/C18H20N4O2/c1-22-15-10-6-5-9-14(15)20-17(22)16(13-7-3-2-4-8-13)21-18(24)19-11-12-23/h2-10,16,23H,11-12H2,1H3,(H2,19,21,24). The summed E-state index contributed by atoms with van der Waals surface area (Å²) in [6.07, 6.45) is 0. The van der Waals surface area contributed by atoms with Crippen LogP contribution in [0.4, 0.5) is 4.79 Å². The highest BCUT2D eigenvalue weighted by Gasteiger charge is 2.22. The van der Waals surface area contributed by atoms with Gasteiger partial charge in [-0.2, -0.15) is 0 Å². The number of rotatable bonds is 5. The molecule has 3 N–H and O–H groups in total. The largest absolute Gasteiger partial charge is 0.395 e. The summed E-state index contributed by atoms with van der Waals surface area (Å²) in [6.45, 7) is 0.103. The van der Waals surface area contributed by atoms with Crippen LogP contribution < -0.4 is 10.6 Å². The summed E-state index contributed by atoms with van der Waals surface area (Å²) in [6, 6.07) is 16.8. The number of fused-ring (bicyclic) bond motifs is 1. The van der Waals surface area contributed by atoms with Crippen LogP contribution in [0.1, 0.15) is 17.4 Å². The number of urea groups is 1. The number of carbonyl (C=O) groups is 1. The minimum absolute atomic E-state index is 0.101. The van der Waals surface area contributed by atoms with Gasteiger partial charge in [-0.05, 0) is 17.7 Å². The molecule has 3 aromatic rings. The van der Waals surface area contributed by atoms with Crippen LogP contribution in [0.3, 0.4) is 0 Å². The lowest BCUT2D eigenvalue weighted by Crippen LogP contribution is -2.40. The molecule has 0 radical (unpaired) electrons. The molecule has 1 atom stereocenters. The number of imidazole rings is 1. The fourth-order valence-corrected chi connectivity index (χ4v) is 2.72. The molecule has 0 bridgehead atoms. The number of nitrogens with zero attached hydrogens (tertiary/aromatic N) is 2. The van der Waals surface area contributed by atoms with Gasteiger partial charge in [0.25, 0.3) is 0 Å². The summed E-state index contributed by atoms with van der Waals surface area (Å²) < 4.78 is 1.99. The Morgan fingerprint density at radius 3 is 2.58 bits per heavy atom. The van der Waals surface area contributed by atoms with E-state index in [1.165, 1.54) is 0 Å². The van der Waals surface area contributed by atoms with E-state index in [2.05, 4.69) is 10.6 Å². The molecule has 124 valence electrons. The average molecular weight is 324 g/mol. The predicted octanol–water partition coefficient (Wildman–Crippen LogP) is 1.95. The van der Waals surface area contributed by atoms with Gasteiger partial charge in [-0.15, -0.1) is 0 Å². The molecule has 0 aliphatic carbocycles. The smallest absolute Gasteiger partial charge is 0.315 e. The highest BCUT2D eigenvalue weighted by molar-refractivity contribution is 5.77. The highest BCUT2D eigenvalue weighted by atomic mass is 16.3. The summed E-state index contributed by atoms with van der Waals surface area (Å²) >= 11 is 0. The molecule has 6 heteroatoms. The van der Waals surface area contributed by atoms with Crippen molar-refractivity contribution >= 4 is 17.1 Å². The zero-order valence-electron chi connectivity index (χ0n) is 13.4. The van der Waals surface area contributed by atoms with Crippen LogP contribution in [0.2, 0.25) is 0 Å². The van der Waals surface area contributed by atoms with Crippen LogP contribution in [-0.4, -0.2) is 33.8 Å². The van der Waals surface area contributed by atoms with Crippen LogP contribution in [0, 0.1) is 0 Å². The van der Waals surface area contributed by atoms with E-state index in [1.54, 1.807) is 0 Å². The van der Waals surface area contributed by atoms with Crippen LogP contribution in [0.25, 0.3) is 11.0 Å². The molecule has 0 aliphatic heterocycles. The molecule has 3 rings (SSSR count). The summed E-state index contributed by atoms with van der Waals surface area (Å²) in [5.74, 6) is 0.751. The number of aliphatic hydroxyl groups is 1. The number of amides is 2. The fraction of sp³-hybridized carbons (Fsp3) is 0.222. The molecule has 1 heterocycles. The second-order valence-corrected chi connectivity index (χ2v) is 5.49. The van der Waals surface area contributed by atoms with Crippen molar-refractivity contribution in [3.63, 3.8) is 0 Å². The van der Waals surface area contributed by atoms with Crippen molar-refractivity contribution in [1.82, 2.24) is 20.2 Å². The maximum absolute atomic E-state index is 12.1. The topological polar surface area (TPSA) is 79.2 Å². The first-order valence-electron chi connectivity index (χ1n) is 7.82. The predicted molar refractivity (Wildman–Crippen MR) is 92.6 cm³/mol. The van der Waals surface area contributed by atoms with E-state index in [0.717, 1.165) is 22.4 Å². The van der Waals surface area contributed by atoms with Gasteiger partial charge >= 0.3 is 6.03 Å². The number of para-hydroxylation sites is 2. The number of nitrogens with one attached hydrogen (secondary N) is 2. The van der Waals surface area contributed by atoms with Crippen molar-refractivity contribution in [3.05, 3.63) is 66.0 Å². The normalized spacial score (nSPS) is 12.1. The first-order chi connectivity index (χ1) is 11.7. The molecule has 0 saturated carbocycles. The van der Waals surface area contributed by atoms with Crippen LogP contribution in [0.5, 0.6) is 0 Å². The van der Waals surface area contributed by atoms with Crippen molar-refractivity contribution in [3.8, 4) is 0 Å². The van der Waals surface area contributed by atoms with Crippen molar-refractivity contribution in [2.24, 2.45) is 7.05 Å². The number of aryl methyl sites for hydroxylation is 1. The third kappa shape index (κ3) is 3.23.